The molecule has 150 valence electrons. The molecular weight excluding hydrogens is 404 g/mol. The summed E-state index contributed by atoms with van der Waals surface area (Å²) in [4.78, 5) is 18.2. The lowest BCUT2D eigenvalue weighted by molar-refractivity contribution is 0.358. The van der Waals surface area contributed by atoms with Crippen LogP contribution in [0.5, 0.6) is 17.2 Å². The van der Waals surface area contributed by atoms with Gasteiger partial charge in [0.15, 0.2) is 11.5 Å². The largest absolute Gasteiger partial charge is 0.493 e. The highest BCUT2D eigenvalue weighted by molar-refractivity contribution is 6.29. The summed E-state index contributed by atoms with van der Waals surface area (Å²) in [6.07, 6.45) is 1.74. The molecule has 0 spiro atoms. The fraction of sp³-hybridized carbons (Fsp3) is 0.130. The van der Waals surface area contributed by atoms with Gasteiger partial charge in [-0.3, -0.25) is 14.2 Å². The van der Waals surface area contributed by atoms with Gasteiger partial charge in [0, 0.05) is 27.4 Å². The number of rotatable bonds is 5. The van der Waals surface area contributed by atoms with Gasteiger partial charge in [0.05, 0.1) is 36.2 Å². The van der Waals surface area contributed by atoms with Gasteiger partial charge in [-0.2, -0.15) is 0 Å². The molecule has 2 aromatic carbocycles. The van der Waals surface area contributed by atoms with Crippen LogP contribution >= 0.6 is 11.6 Å². The van der Waals surface area contributed by atoms with Crippen LogP contribution < -0.4 is 19.8 Å². The zero-order valence-electron chi connectivity index (χ0n) is 16.4. The minimum absolute atomic E-state index is 0.191. The van der Waals surface area contributed by atoms with Crippen LogP contribution in [-0.4, -0.2) is 30.2 Å². The van der Waals surface area contributed by atoms with Gasteiger partial charge in [0.25, 0.3) is 5.56 Å². The molecule has 3 aromatic heterocycles. The number of nitrogens with zero attached hydrogens (tertiary/aromatic N) is 2. The van der Waals surface area contributed by atoms with Crippen molar-refractivity contribution >= 4 is 49.7 Å². The maximum atomic E-state index is 13.7. The predicted octanol–water partition coefficient (Wildman–Crippen LogP) is 4.74. The monoisotopic (exact) mass is 420 g/mol. The van der Waals surface area contributed by atoms with Crippen molar-refractivity contribution in [2.24, 2.45) is 0 Å². The van der Waals surface area contributed by atoms with Crippen molar-refractivity contribution in [2.45, 2.75) is 0 Å². The lowest BCUT2D eigenvalue weighted by Crippen LogP contribution is -2.14. The smallest absolute Gasteiger partial charge is 0.267 e. The van der Waals surface area contributed by atoms with Crippen LogP contribution in [-0.2, 0) is 0 Å². The molecule has 30 heavy (non-hydrogen) atoms. The van der Waals surface area contributed by atoms with E-state index in [0.717, 1.165) is 27.3 Å². The van der Waals surface area contributed by atoms with Gasteiger partial charge in [0.2, 0.25) is 0 Å². The third-order valence-corrected chi connectivity index (χ3v) is 5.37. The van der Waals surface area contributed by atoms with Gasteiger partial charge in [-0.1, -0.05) is 18.2 Å². The third-order valence-electron chi connectivity index (χ3n) is 5.26. The first kappa shape index (κ1) is 18.5. The van der Waals surface area contributed by atoms with Gasteiger partial charge >= 0.3 is 0 Å². The number of halogens is 1. The number of benzene rings is 2. The quantitative estimate of drug-likeness (QED) is 0.384. The van der Waals surface area contributed by atoms with E-state index < -0.39 is 0 Å². The number of aromatic nitrogens is 2. The summed E-state index contributed by atoms with van der Waals surface area (Å²) in [7, 11) is 3.07. The zero-order valence-corrected chi connectivity index (χ0v) is 17.1. The van der Waals surface area contributed by atoms with E-state index in [4.69, 9.17) is 25.8 Å². The van der Waals surface area contributed by atoms with Gasteiger partial charge in [-0.25, -0.2) is 0 Å². The van der Waals surface area contributed by atoms with Crippen LogP contribution in [0.3, 0.4) is 0 Å². The van der Waals surface area contributed by atoms with E-state index in [1.165, 1.54) is 7.11 Å². The second kappa shape index (κ2) is 6.78. The predicted molar refractivity (Wildman–Crippen MR) is 119 cm³/mol. The standard InChI is InChI=1S/C23H17ClN2O4/c1-12(24)11-30-13-4-6-17-16(10-13)14-8-9-25-20-15-5-7-18(28-2)22(29-3)19(15)23(27)26(17)21(14)20/h4-10H,1,11H2,2-3H3. The fourth-order valence-corrected chi connectivity index (χ4v) is 4.11. The van der Waals surface area contributed by atoms with Crippen LogP contribution in [0.25, 0.3) is 38.1 Å². The first-order valence-electron chi connectivity index (χ1n) is 9.24. The molecule has 0 atom stereocenters. The molecule has 0 aliphatic carbocycles. The summed E-state index contributed by atoms with van der Waals surface area (Å²) in [5.41, 5.74) is 2.05. The van der Waals surface area contributed by atoms with Crippen molar-refractivity contribution in [3.05, 3.63) is 64.6 Å². The summed E-state index contributed by atoms with van der Waals surface area (Å²) >= 11 is 5.82. The topological polar surface area (TPSA) is 62.1 Å². The number of pyridine rings is 2. The number of methoxy groups -OCH3 is 2. The van der Waals surface area contributed by atoms with Crippen LogP contribution in [0.2, 0.25) is 0 Å². The van der Waals surface area contributed by atoms with Crippen molar-refractivity contribution in [3.63, 3.8) is 0 Å². The van der Waals surface area contributed by atoms with Crippen LogP contribution in [0, 0.1) is 0 Å². The zero-order chi connectivity index (χ0) is 21.0. The first-order valence-corrected chi connectivity index (χ1v) is 9.62. The molecule has 0 amide bonds. The van der Waals surface area contributed by atoms with Crippen molar-refractivity contribution in [1.82, 2.24) is 9.38 Å². The summed E-state index contributed by atoms with van der Waals surface area (Å²) in [6.45, 7) is 3.85. The van der Waals surface area contributed by atoms with Crippen molar-refractivity contribution in [1.29, 1.82) is 0 Å². The van der Waals surface area contributed by atoms with E-state index in [1.54, 1.807) is 23.8 Å². The average Bonchev–Trinajstić information content (AvgIpc) is 3.09. The molecule has 7 heteroatoms. The molecule has 0 fully saturated rings. The minimum atomic E-state index is -0.191. The van der Waals surface area contributed by atoms with Gasteiger partial charge < -0.3 is 14.2 Å². The Labute approximate surface area is 176 Å². The molecule has 5 aromatic rings. The van der Waals surface area contributed by atoms with E-state index in [-0.39, 0.29) is 12.2 Å². The summed E-state index contributed by atoms with van der Waals surface area (Å²) < 4.78 is 18.3. The maximum absolute atomic E-state index is 13.7. The lowest BCUT2D eigenvalue weighted by Gasteiger charge is -2.12. The number of ether oxygens (including phenoxy) is 3. The molecular formula is C23H17ClN2O4. The van der Waals surface area contributed by atoms with Crippen molar-refractivity contribution in [3.8, 4) is 17.2 Å². The molecule has 3 heterocycles. The highest BCUT2D eigenvalue weighted by Crippen LogP contribution is 2.39. The number of fused-ring (bicyclic) bond motifs is 5. The average molecular weight is 421 g/mol. The Morgan fingerprint density at radius 3 is 2.67 bits per heavy atom. The highest BCUT2D eigenvalue weighted by Gasteiger charge is 2.22. The SMILES string of the molecule is C=C(Cl)COc1ccc2c(c1)c1ccnc3c4ccc(OC)c(OC)c4c(=O)n2c13. The van der Waals surface area contributed by atoms with Crippen LogP contribution in [0.1, 0.15) is 0 Å². The summed E-state index contributed by atoms with van der Waals surface area (Å²) in [6, 6.07) is 11.1. The molecule has 0 N–H and O–H groups in total. The van der Waals surface area contributed by atoms with Crippen molar-refractivity contribution in [2.75, 3.05) is 20.8 Å². The summed E-state index contributed by atoms with van der Waals surface area (Å²) in [5.74, 6) is 1.53. The molecule has 0 bridgehead atoms. The molecule has 0 aliphatic rings. The lowest BCUT2D eigenvalue weighted by atomic mass is 10.1. The molecule has 0 saturated carbocycles. The van der Waals surface area contributed by atoms with E-state index in [1.807, 2.05) is 30.3 Å². The molecule has 0 radical (unpaired) electrons. The Morgan fingerprint density at radius 2 is 1.93 bits per heavy atom. The van der Waals surface area contributed by atoms with E-state index in [9.17, 15) is 4.79 Å². The molecule has 6 nitrogen and oxygen atoms in total. The minimum Gasteiger partial charge on any atom is -0.493 e. The van der Waals surface area contributed by atoms with E-state index >= 15 is 0 Å². The van der Waals surface area contributed by atoms with Gasteiger partial charge in [-0.15, -0.1) is 0 Å². The van der Waals surface area contributed by atoms with Gasteiger partial charge in [0.1, 0.15) is 12.4 Å². The second-order valence-corrected chi connectivity index (χ2v) is 7.44. The Hall–Kier alpha value is -3.51. The van der Waals surface area contributed by atoms with E-state index in [0.29, 0.717) is 33.1 Å². The maximum Gasteiger partial charge on any atom is 0.267 e. The Kier molecular flexibility index (Phi) is 4.18. The Balaban J connectivity index is 1.95. The third kappa shape index (κ3) is 2.50. The Bertz CT molecular complexity index is 1520. The Morgan fingerprint density at radius 1 is 1.10 bits per heavy atom. The molecule has 5 rings (SSSR count). The summed E-state index contributed by atoms with van der Waals surface area (Å²) in [5, 5.41) is 3.36. The normalized spacial score (nSPS) is 11.6. The number of hydrogen-bond acceptors (Lipinski definition) is 5. The van der Waals surface area contributed by atoms with Crippen LogP contribution in [0.15, 0.2) is 59.0 Å². The van der Waals surface area contributed by atoms with Gasteiger partial charge in [-0.05, 0) is 36.4 Å². The highest BCUT2D eigenvalue weighted by atomic mass is 35.5. The number of hydrogen-bond donors (Lipinski definition) is 0. The second-order valence-electron chi connectivity index (χ2n) is 6.90. The fourth-order valence-electron chi connectivity index (χ4n) is 4.05. The molecule has 0 unspecified atom stereocenters. The van der Waals surface area contributed by atoms with E-state index in [2.05, 4.69) is 11.6 Å². The van der Waals surface area contributed by atoms with Crippen molar-refractivity contribution < 1.29 is 14.2 Å². The molecule has 0 saturated heterocycles. The first-order chi connectivity index (χ1) is 14.5. The molecule has 0 aliphatic heterocycles. The van der Waals surface area contributed by atoms with Crippen LogP contribution in [0.4, 0.5) is 0 Å².